The van der Waals surface area contributed by atoms with Crippen molar-refractivity contribution in [3.63, 3.8) is 0 Å². The Hall–Kier alpha value is -2.21. The summed E-state index contributed by atoms with van der Waals surface area (Å²) in [5.74, 6) is -1.17. The van der Waals surface area contributed by atoms with Gasteiger partial charge in [-0.25, -0.2) is 13.1 Å². The van der Waals surface area contributed by atoms with Crippen molar-refractivity contribution in [2.24, 2.45) is 5.92 Å². The highest BCUT2D eigenvalue weighted by molar-refractivity contribution is 7.88. The van der Waals surface area contributed by atoms with Gasteiger partial charge in [0.1, 0.15) is 5.75 Å². The van der Waals surface area contributed by atoms with E-state index in [1.165, 1.54) is 0 Å². The fraction of sp³-hybridized carbons (Fsp3) is 0.714. The van der Waals surface area contributed by atoms with Gasteiger partial charge in [0, 0.05) is 51.0 Å². The van der Waals surface area contributed by atoms with Gasteiger partial charge in [-0.15, -0.1) is 0 Å². The molecule has 1 saturated heterocycles. The first-order valence-electron chi connectivity index (χ1n) is 14.0. The third kappa shape index (κ3) is 9.16. The summed E-state index contributed by atoms with van der Waals surface area (Å²) in [5, 5.41) is 10.4. The van der Waals surface area contributed by atoms with Crippen LogP contribution in [0.15, 0.2) is 18.2 Å². The van der Waals surface area contributed by atoms with Gasteiger partial charge in [0.15, 0.2) is 0 Å². The van der Waals surface area contributed by atoms with Crippen molar-refractivity contribution in [1.29, 1.82) is 0 Å². The summed E-state index contributed by atoms with van der Waals surface area (Å²) in [6.45, 7) is 5.67. The number of amides is 1. The molecule has 220 valence electrons. The Morgan fingerprint density at radius 3 is 2.56 bits per heavy atom. The first-order valence-corrected chi connectivity index (χ1v) is 15.9. The van der Waals surface area contributed by atoms with E-state index in [-0.39, 0.29) is 24.9 Å². The maximum Gasteiger partial charge on any atom is 0.308 e. The molecule has 0 radical (unpaired) electrons. The number of sulfonamides is 1. The fourth-order valence-electron chi connectivity index (χ4n) is 5.74. The Kier molecular flexibility index (Phi) is 10.8. The number of likely N-dealkylation sites (tertiary alicyclic amines) is 1. The normalized spacial score (nSPS) is 21.5. The summed E-state index contributed by atoms with van der Waals surface area (Å²) >= 11 is 0. The molecule has 0 aliphatic carbocycles. The van der Waals surface area contributed by atoms with Crippen LogP contribution in [-0.2, 0) is 26.0 Å². The van der Waals surface area contributed by atoms with Crippen LogP contribution in [0.5, 0.6) is 5.75 Å². The van der Waals surface area contributed by atoms with Crippen molar-refractivity contribution in [2.75, 3.05) is 73.3 Å². The number of nitrogens with zero attached hydrogens (tertiary/aromatic N) is 3. The molecule has 1 fully saturated rings. The van der Waals surface area contributed by atoms with Crippen LogP contribution in [0.2, 0.25) is 0 Å². The number of unbranched alkanes of at least 4 members (excludes halogenated alkanes) is 1. The highest BCUT2D eigenvalue weighted by Crippen LogP contribution is 2.41. The van der Waals surface area contributed by atoms with Crippen molar-refractivity contribution in [3.8, 4) is 5.75 Å². The molecule has 2 aliphatic rings. The molecular formula is C28H47N4O6S+. The van der Waals surface area contributed by atoms with E-state index in [1.807, 2.05) is 28.0 Å². The van der Waals surface area contributed by atoms with Gasteiger partial charge < -0.3 is 19.2 Å². The van der Waals surface area contributed by atoms with Gasteiger partial charge in [0.25, 0.3) is 0 Å². The summed E-state index contributed by atoms with van der Waals surface area (Å²) in [6.07, 6.45) is 4.96. The molecule has 0 bridgehead atoms. The van der Waals surface area contributed by atoms with Crippen LogP contribution in [0.3, 0.4) is 0 Å². The van der Waals surface area contributed by atoms with E-state index in [9.17, 15) is 23.1 Å². The molecule has 3 rings (SSSR count). The summed E-state index contributed by atoms with van der Waals surface area (Å²) < 4.78 is 32.4. The number of benzene rings is 1. The van der Waals surface area contributed by atoms with E-state index in [0.717, 1.165) is 59.8 Å². The maximum absolute atomic E-state index is 13.6. The highest BCUT2D eigenvalue weighted by atomic mass is 32.2. The van der Waals surface area contributed by atoms with E-state index in [1.54, 1.807) is 0 Å². The van der Waals surface area contributed by atoms with Gasteiger partial charge in [-0.2, -0.15) is 0 Å². The zero-order valence-corrected chi connectivity index (χ0v) is 25.0. The SMILES string of the molecule is CCCCN(CCC[N+](C)(C)C)C(=O)CN1CC(c2ccc3c(c2)CCO3)C(C(=O)O)C1CCNS(C)(=O)=O. The maximum atomic E-state index is 13.6. The molecule has 39 heavy (non-hydrogen) atoms. The van der Waals surface area contributed by atoms with E-state index >= 15 is 0 Å². The minimum Gasteiger partial charge on any atom is -0.493 e. The third-order valence-electron chi connectivity index (χ3n) is 7.71. The number of rotatable bonds is 15. The van der Waals surface area contributed by atoms with Crippen LogP contribution in [0.1, 0.15) is 49.7 Å². The second kappa shape index (κ2) is 13.4. The van der Waals surface area contributed by atoms with Gasteiger partial charge in [-0.1, -0.05) is 25.5 Å². The lowest BCUT2D eigenvalue weighted by Crippen LogP contribution is -2.46. The summed E-state index contributed by atoms with van der Waals surface area (Å²) in [4.78, 5) is 30.1. The lowest BCUT2D eigenvalue weighted by molar-refractivity contribution is -0.870. The average Bonchev–Trinajstić information content (AvgIpc) is 3.44. The van der Waals surface area contributed by atoms with E-state index in [0.29, 0.717) is 32.7 Å². The minimum atomic E-state index is -3.42. The zero-order chi connectivity index (χ0) is 28.8. The number of carbonyl (C=O) groups excluding carboxylic acids is 1. The van der Waals surface area contributed by atoms with Crippen LogP contribution in [0, 0.1) is 5.92 Å². The Labute approximate surface area is 233 Å². The first-order chi connectivity index (χ1) is 18.3. The molecule has 3 atom stereocenters. The smallest absolute Gasteiger partial charge is 0.308 e. The van der Waals surface area contributed by atoms with Crippen molar-refractivity contribution in [3.05, 3.63) is 29.3 Å². The molecule has 2 N–H and O–H groups in total. The summed E-state index contributed by atoms with van der Waals surface area (Å²) in [5.41, 5.74) is 2.00. The molecule has 1 aromatic carbocycles. The Morgan fingerprint density at radius 1 is 1.21 bits per heavy atom. The molecule has 0 spiro atoms. The Morgan fingerprint density at radius 2 is 1.92 bits per heavy atom. The molecule has 2 heterocycles. The van der Waals surface area contributed by atoms with Gasteiger partial charge >= 0.3 is 5.97 Å². The standard InChI is InChI=1S/C28H46N4O6S/c1-6-7-14-30(15-8-16-32(2,3)4)26(33)20-31-19-23(21-9-10-25-22(18-21)12-17-38-25)27(28(34)35)24(31)11-13-29-39(5,36)37/h9-10,18,23-24,27,29H,6-8,11-17,19-20H2,1-5H3/p+1. The number of hydrogen-bond donors (Lipinski definition) is 2. The number of quaternary nitrogens is 1. The van der Waals surface area contributed by atoms with Crippen molar-refractivity contribution < 1.29 is 32.3 Å². The van der Waals surface area contributed by atoms with Gasteiger partial charge in [-0.05, 0) is 30.0 Å². The molecule has 2 aliphatic heterocycles. The third-order valence-corrected chi connectivity index (χ3v) is 8.44. The van der Waals surface area contributed by atoms with Crippen molar-refractivity contribution >= 4 is 21.9 Å². The van der Waals surface area contributed by atoms with Crippen LogP contribution in [0.25, 0.3) is 0 Å². The number of fused-ring (bicyclic) bond motifs is 1. The number of ether oxygens (including phenoxy) is 1. The fourth-order valence-corrected chi connectivity index (χ4v) is 6.23. The van der Waals surface area contributed by atoms with Crippen LogP contribution in [0.4, 0.5) is 0 Å². The Balaban J connectivity index is 1.83. The quantitative estimate of drug-likeness (QED) is 0.310. The van der Waals surface area contributed by atoms with Crippen molar-refractivity contribution in [2.45, 2.75) is 51.0 Å². The lowest BCUT2D eigenvalue weighted by Gasteiger charge is -2.30. The highest BCUT2D eigenvalue weighted by Gasteiger charge is 2.47. The topological polar surface area (TPSA) is 116 Å². The van der Waals surface area contributed by atoms with E-state index in [2.05, 4.69) is 32.8 Å². The number of carboxylic acids is 1. The number of nitrogens with one attached hydrogen (secondary N) is 1. The van der Waals surface area contributed by atoms with Crippen LogP contribution >= 0.6 is 0 Å². The predicted molar refractivity (Wildman–Crippen MR) is 151 cm³/mol. The number of carboxylic acid groups (broad SMARTS) is 1. The van der Waals surface area contributed by atoms with E-state index < -0.39 is 28.0 Å². The number of hydrogen-bond acceptors (Lipinski definition) is 6. The largest absolute Gasteiger partial charge is 0.493 e. The van der Waals surface area contributed by atoms with Crippen LogP contribution < -0.4 is 9.46 Å². The van der Waals surface area contributed by atoms with E-state index in [4.69, 9.17) is 4.74 Å². The van der Waals surface area contributed by atoms with Crippen LogP contribution in [-0.4, -0.2) is 119 Å². The molecule has 11 heteroatoms. The molecule has 3 unspecified atom stereocenters. The predicted octanol–water partition coefficient (Wildman–Crippen LogP) is 1.75. The number of aliphatic carboxylic acids is 1. The molecule has 10 nitrogen and oxygen atoms in total. The molecular weight excluding hydrogens is 520 g/mol. The first kappa shape index (κ1) is 31.3. The molecule has 0 saturated carbocycles. The Bertz CT molecular complexity index is 1100. The average molecular weight is 568 g/mol. The minimum absolute atomic E-state index is 0.00178. The number of carbonyl (C=O) groups is 2. The molecule has 1 amide bonds. The van der Waals surface area contributed by atoms with Gasteiger partial charge in [0.05, 0.1) is 53.0 Å². The van der Waals surface area contributed by atoms with Gasteiger partial charge in [0.2, 0.25) is 15.9 Å². The lowest BCUT2D eigenvalue weighted by atomic mass is 9.83. The summed E-state index contributed by atoms with van der Waals surface area (Å²) in [7, 11) is 2.98. The second-order valence-corrected chi connectivity index (χ2v) is 13.8. The zero-order valence-electron chi connectivity index (χ0n) is 24.2. The monoisotopic (exact) mass is 567 g/mol. The molecule has 0 aromatic heterocycles. The van der Waals surface area contributed by atoms with Gasteiger partial charge in [-0.3, -0.25) is 14.5 Å². The molecule has 1 aromatic rings. The summed E-state index contributed by atoms with van der Waals surface area (Å²) in [6, 6.07) is 5.40. The second-order valence-electron chi connectivity index (χ2n) is 12.0. The van der Waals surface area contributed by atoms with Crippen molar-refractivity contribution in [1.82, 2.24) is 14.5 Å².